The van der Waals surface area contributed by atoms with Gasteiger partial charge in [0, 0.05) is 6.54 Å². The van der Waals surface area contributed by atoms with Gasteiger partial charge in [-0.05, 0) is 29.1 Å². The predicted molar refractivity (Wildman–Crippen MR) is 81.0 cm³/mol. The van der Waals surface area contributed by atoms with Crippen molar-refractivity contribution in [1.29, 1.82) is 0 Å². The zero-order valence-electron chi connectivity index (χ0n) is 10.8. The van der Waals surface area contributed by atoms with Gasteiger partial charge in [0.2, 0.25) is 0 Å². The number of nitrogens with one attached hydrogen (secondary N) is 2. The van der Waals surface area contributed by atoms with Crippen molar-refractivity contribution in [3.8, 4) is 0 Å². The molecule has 0 atom stereocenters. The van der Waals surface area contributed by atoms with E-state index in [0.717, 1.165) is 15.8 Å². The van der Waals surface area contributed by atoms with Crippen molar-refractivity contribution in [2.24, 2.45) is 0 Å². The van der Waals surface area contributed by atoms with Gasteiger partial charge in [0.15, 0.2) is 5.82 Å². The first-order chi connectivity index (χ1) is 10.1. The molecular formula is C14H11N3O3S. The minimum Gasteiger partial charge on any atom is -0.478 e. The zero-order valence-corrected chi connectivity index (χ0v) is 11.6. The highest BCUT2D eigenvalue weighted by molar-refractivity contribution is 7.17. The van der Waals surface area contributed by atoms with Crippen LogP contribution in [0.1, 0.15) is 15.9 Å². The molecule has 0 radical (unpaired) electrons. The highest BCUT2D eigenvalue weighted by Crippen LogP contribution is 2.24. The minimum absolute atomic E-state index is 0.244. The van der Waals surface area contributed by atoms with E-state index in [1.165, 1.54) is 11.3 Å². The molecule has 0 aliphatic rings. The van der Waals surface area contributed by atoms with Crippen LogP contribution in [-0.4, -0.2) is 21.0 Å². The van der Waals surface area contributed by atoms with E-state index in [1.807, 2.05) is 11.4 Å². The van der Waals surface area contributed by atoms with E-state index in [2.05, 4.69) is 15.3 Å². The number of carboxylic acid groups (broad SMARTS) is 1. The first kappa shape index (κ1) is 13.3. The molecule has 0 aliphatic carbocycles. The van der Waals surface area contributed by atoms with Crippen LogP contribution < -0.4 is 11.0 Å². The highest BCUT2D eigenvalue weighted by Gasteiger charge is 2.07. The van der Waals surface area contributed by atoms with Crippen molar-refractivity contribution in [3.63, 3.8) is 0 Å². The molecule has 0 spiro atoms. The summed E-state index contributed by atoms with van der Waals surface area (Å²) in [6, 6.07) is 8.39. The lowest BCUT2D eigenvalue weighted by atomic mass is 10.1. The van der Waals surface area contributed by atoms with Gasteiger partial charge in [-0.25, -0.2) is 9.59 Å². The Bertz CT molecular complexity index is 852. The molecule has 0 fully saturated rings. The van der Waals surface area contributed by atoms with E-state index in [1.54, 1.807) is 24.3 Å². The van der Waals surface area contributed by atoms with E-state index in [9.17, 15) is 9.59 Å². The highest BCUT2D eigenvalue weighted by atomic mass is 32.1. The topological polar surface area (TPSA) is 95.1 Å². The minimum atomic E-state index is -0.953. The van der Waals surface area contributed by atoms with Crippen molar-refractivity contribution in [1.82, 2.24) is 9.97 Å². The Morgan fingerprint density at radius 2 is 2.05 bits per heavy atom. The van der Waals surface area contributed by atoms with Crippen LogP contribution in [0.4, 0.5) is 5.82 Å². The van der Waals surface area contributed by atoms with Gasteiger partial charge < -0.3 is 15.4 Å². The van der Waals surface area contributed by atoms with E-state index in [0.29, 0.717) is 12.4 Å². The lowest BCUT2D eigenvalue weighted by molar-refractivity contribution is 0.0697. The number of carbonyl (C=O) groups is 1. The summed E-state index contributed by atoms with van der Waals surface area (Å²) < 4.78 is 0.886. The number of hydrogen-bond donors (Lipinski definition) is 3. The Balaban J connectivity index is 1.81. The van der Waals surface area contributed by atoms with Gasteiger partial charge in [-0.1, -0.05) is 12.1 Å². The van der Waals surface area contributed by atoms with Crippen LogP contribution in [0.5, 0.6) is 0 Å². The Morgan fingerprint density at radius 3 is 2.76 bits per heavy atom. The summed E-state index contributed by atoms with van der Waals surface area (Å²) in [5.41, 5.74) is 1.51. The molecule has 3 N–H and O–H groups in total. The third-order valence-electron chi connectivity index (χ3n) is 3.00. The molecule has 2 aromatic heterocycles. The van der Waals surface area contributed by atoms with Crippen molar-refractivity contribution in [3.05, 3.63) is 57.3 Å². The normalized spacial score (nSPS) is 10.7. The van der Waals surface area contributed by atoms with E-state index in [4.69, 9.17) is 5.11 Å². The standard InChI is InChI=1S/C14H11N3O3S/c18-13(19)9-3-1-8(2-4-9)7-15-12-11-10(5-6-21-11)16-14(20)17-12/h1-6H,7H2,(H,18,19)(H2,15,16,17,20). The number of benzene rings is 1. The number of aromatic nitrogens is 2. The number of thiophene rings is 1. The summed E-state index contributed by atoms with van der Waals surface area (Å²) in [7, 11) is 0. The van der Waals surface area contributed by atoms with Crippen LogP contribution in [-0.2, 0) is 6.54 Å². The van der Waals surface area contributed by atoms with Gasteiger partial charge in [-0.15, -0.1) is 11.3 Å². The van der Waals surface area contributed by atoms with Crippen molar-refractivity contribution in [2.45, 2.75) is 6.54 Å². The molecule has 7 heteroatoms. The van der Waals surface area contributed by atoms with Gasteiger partial charge in [0.05, 0.1) is 15.8 Å². The molecule has 3 rings (SSSR count). The summed E-state index contributed by atoms with van der Waals surface area (Å²) in [4.78, 5) is 28.8. The second kappa shape index (κ2) is 5.37. The number of carboxylic acids is 1. The summed E-state index contributed by atoms with van der Waals surface area (Å²) in [5.74, 6) is -0.419. The summed E-state index contributed by atoms with van der Waals surface area (Å²) >= 11 is 1.49. The average Bonchev–Trinajstić information content (AvgIpc) is 2.93. The fourth-order valence-electron chi connectivity index (χ4n) is 1.96. The number of H-pyrrole nitrogens is 1. The van der Waals surface area contributed by atoms with Crippen LogP contribution >= 0.6 is 11.3 Å². The summed E-state index contributed by atoms with van der Waals surface area (Å²) in [6.45, 7) is 0.462. The van der Waals surface area contributed by atoms with Crippen molar-refractivity contribution < 1.29 is 9.90 Å². The lowest BCUT2D eigenvalue weighted by Crippen LogP contribution is -2.13. The van der Waals surface area contributed by atoms with Crippen LogP contribution in [0.3, 0.4) is 0 Å². The quantitative estimate of drug-likeness (QED) is 0.687. The molecule has 3 aromatic rings. The fraction of sp³-hybridized carbons (Fsp3) is 0.0714. The SMILES string of the molecule is O=C(O)c1ccc(CNc2nc(=O)[nH]c3ccsc23)cc1. The van der Waals surface area contributed by atoms with Crippen LogP contribution in [0.2, 0.25) is 0 Å². The van der Waals surface area contributed by atoms with E-state index < -0.39 is 11.7 Å². The number of anilines is 1. The largest absolute Gasteiger partial charge is 0.478 e. The molecule has 106 valence electrons. The monoisotopic (exact) mass is 301 g/mol. The van der Waals surface area contributed by atoms with Gasteiger partial charge in [0.25, 0.3) is 0 Å². The maximum Gasteiger partial charge on any atom is 0.347 e. The summed E-state index contributed by atoms with van der Waals surface area (Å²) in [5, 5.41) is 13.8. The van der Waals surface area contributed by atoms with Gasteiger partial charge >= 0.3 is 11.7 Å². The maximum atomic E-state index is 11.5. The van der Waals surface area contributed by atoms with Gasteiger partial charge in [0.1, 0.15) is 0 Å². The first-order valence-corrected chi connectivity index (χ1v) is 7.05. The zero-order chi connectivity index (χ0) is 14.8. The van der Waals surface area contributed by atoms with Crippen molar-refractivity contribution in [2.75, 3.05) is 5.32 Å². The third-order valence-corrected chi connectivity index (χ3v) is 3.92. The van der Waals surface area contributed by atoms with E-state index >= 15 is 0 Å². The molecule has 6 nitrogen and oxygen atoms in total. The molecule has 0 amide bonds. The van der Waals surface area contributed by atoms with Gasteiger partial charge in [-0.2, -0.15) is 4.98 Å². The van der Waals surface area contributed by atoms with Gasteiger partial charge in [-0.3, -0.25) is 0 Å². The molecule has 21 heavy (non-hydrogen) atoms. The smallest absolute Gasteiger partial charge is 0.347 e. The number of aromatic amines is 1. The van der Waals surface area contributed by atoms with Crippen LogP contribution in [0.15, 0.2) is 40.5 Å². The predicted octanol–water partition coefficient (Wildman–Crippen LogP) is 2.29. The third kappa shape index (κ3) is 2.77. The number of aromatic carboxylic acids is 1. The average molecular weight is 301 g/mol. The number of hydrogen-bond acceptors (Lipinski definition) is 5. The summed E-state index contributed by atoms with van der Waals surface area (Å²) in [6.07, 6.45) is 0. The molecule has 0 aliphatic heterocycles. The molecule has 0 unspecified atom stereocenters. The van der Waals surface area contributed by atoms with Crippen molar-refractivity contribution >= 4 is 33.3 Å². The Hall–Kier alpha value is -2.67. The first-order valence-electron chi connectivity index (χ1n) is 6.17. The molecule has 2 heterocycles. The maximum absolute atomic E-state index is 11.5. The molecule has 0 saturated carbocycles. The molecule has 0 saturated heterocycles. The number of rotatable bonds is 4. The Labute approximate surface area is 123 Å². The Kier molecular flexibility index (Phi) is 3.41. The van der Waals surface area contributed by atoms with E-state index in [-0.39, 0.29) is 5.56 Å². The Morgan fingerprint density at radius 1 is 1.29 bits per heavy atom. The number of fused-ring (bicyclic) bond motifs is 1. The fourth-order valence-corrected chi connectivity index (χ4v) is 2.77. The van der Waals surface area contributed by atoms with Crippen LogP contribution in [0, 0.1) is 0 Å². The second-order valence-corrected chi connectivity index (χ2v) is 5.33. The molecule has 0 bridgehead atoms. The second-order valence-electron chi connectivity index (χ2n) is 4.41. The molecule has 1 aromatic carbocycles. The lowest BCUT2D eigenvalue weighted by Gasteiger charge is -2.06. The number of nitrogens with zero attached hydrogens (tertiary/aromatic N) is 1. The van der Waals surface area contributed by atoms with Crippen LogP contribution in [0.25, 0.3) is 10.2 Å². The molecular weight excluding hydrogens is 290 g/mol.